The molecule has 1 unspecified atom stereocenters. The van der Waals surface area contributed by atoms with Gasteiger partial charge in [0.2, 0.25) is 10.0 Å². The maximum atomic E-state index is 12.8. The van der Waals surface area contributed by atoms with Gasteiger partial charge in [0.25, 0.3) is 0 Å². The van der Waals surface area contributed by atoms with E-state index in [1.54, 1.807) is 13.8 Å². The van der Waals surface area contributed by atoms with Gasteiger partial charge in [0.1, 0.15) is 4.90 Å². The van der Waals surface area contributed by atoms with Crippen molar-refractivity contribution in [2.75, 3.05) is 20.3 Å². The third kappa shape index (κ3) is 3.88. The Morgan fingerprint density at radius 3 is 2.48 bits per heavy atom. The van der Waals surface area contributed by atoms with Crippen molar-refractivity contribution in [3.8, 4) is 0 Å². The number of nitrogens with two attached hydrogens (primary N) is 1. The zero-order valence-electron chi connectivity index (χ0n) is 12.3. The van der Waals surface area contributed by atoms with Crippen molar-refractivity contribution in [1.82, 2.24) is 4.31 Å². The molecule has 5 nitrogen and oxygen atoms in total. The van der Waals surface area contributed by atoms with Gasteiger partial charge in [-0.15, -0.1) is 0 Å². The molecule has 1 atom stereocenters. The second kappa shape index (κ2) is 7.76. The number of rotatable bonds is 7. The molecule has 0 aliphatic rings. The van der Waals surface area contributed by atoms with Crippen molar-refractivity contribution < 1.29 is 13.2 Å². The third-order valence-electron chi connectivity index (χ3n) is 3.15. The molecule has 0 amide bonds. The van der Waals surface area contributed by atoms with E-state index < -0.39 is 10.0 Å². The number of nitrogens with zero attached hydrogens (tertiary/aromatic N) is 1. The number of sulfonamides is 1. The summed E-state index contributed by atoms with van der Waals surface area (Å²) >= 11 is 12.2. The first-order valence-electron chi connectivity index (χ1n) is 6.48. The van der Waals surface area contributed by atoms with Crippen LogP contribution < -0.4 is 5.73 Å². The van der Waals surface area contributed by atoms with Crippen LogP contribution in [0.25, 0.3) is 0 Å². The lowest BCUT2D eigenvalue weighted by Gasteiger charge is -2.27. The lowest BCUT2D eigenvalue weighted by atomic mass is 10.2. The Hall–Kier alpha value is -0.370. The molecule has 0 radical (unpaired) electrons. The van der Waals surface area contributed by atoms with Gasteiger partial charge >= 0.3 is 0 Å². The van der Waals surface area contributed by atoms with Crippen molar-refractivity contribution in [3.63, 3.8) is 0 Å². The third-order valence-corrected chi connectivity index (χ3v) is 6.18. The van der Waals surface area contributed by atoms with Crippen LogP contribution in [0.5, 0.6) is 0 Å². The molecule has 0 fully saturated rings. The molecule has 0 aliphatic heterocycles. The first-order valence-corrected chi connectivity index (χ1v) is 8.68. The van der Waals surface area contributed by atoms with E-state index in [-0.39, 0.29) is 22.5 Å². The number of hydrogen-bond acceptors (Lipinski definition) is 4. The molecule has 2 N–H and O–H groups in total. The smallest absolute Gasteiger partial charge is 0.244 e. The highest BCUT2D eigenvalue weighted by Crippen LogP contribution is 2.32. The van der Waals surface area contributed by atoms with E-state index in [0.29, 0.717) is 23.7 Å². The van der Waals surface area contributed by atoms with Crippen LogP contribution in [0.1, 0.15) is 19.4 Å². The molecule has 1 aromatic carbocycles. The summed E-state index contributed by atoms with van der Waals surface area (Å²) < 4.78 is 31.9. The number of ether oxygens (including phenoxy) is 1. The SMILES string of the molecule is CCN(C(C)COC)S(=O)(=O)c1ccc(Cl)c(CN)c1Cl. The Labute approximate surface area is 136 Å². The van der Waals surface area contributed by atoms with Crippen LogP contribution in [0.2, 0.25) is 10.0 Å². The predicted octanol–water partition coefficient (Wildman–Crippen LogP) is 2.50. The van der Waals surface area contributed by atoms with Crippen LogP contribution in [0, 0.1) is 0 Å². The maximum Gasteiger partial charge on any atom is 0.244 e. The van der Waals surface area contributed by atoms with E-state index in [4.69, 9.17) is 33.7 Å². The minimum Gasteiger partial charge on any atom is -0.383 e. The first-order chi connectivity index (χ1) is 9.81. The number of likely N-dealkylation sites (N-methyl/N-ethyl adjacent to an activating group) is 1. The number of hydrogen-bond donors (Lipinski definition) is 1. The summed E-state index contributed by atoms with van der Waals surface area (Å²) in [7, 11) is -2.22. The van der Waals surface area contributed by atoms with Gasteiger partial charge in [-0.25, -0.2) is 8.42 Å². The molecular formula is C13H20Cl2N2O3S. The Balaban J connectivity index is 3.36. The van der Waals surface area contributed by atoms with Crippen LogP contribution in [0.15, 0.2) is 17.0 Å². The van der Waals surface area contributed by atoms with Crippen molar-refractivity contribution in [2.24, 2.45) is 5.73 Å². The highest BCUT2D eigenvalue weighted by atomic mass is 35.5. The van der Waals surface area contributed by atoms with Gasteiger partial charge in [-0.05, 0) is 19.1 Å². The molecule has 0 saturated carbocycles. The van der Waals surface area contributed by atoms with Gasteiger partial charge in [-0.2, -0.15) is 4.31 Å². The maximum absolute atomic E-state index is 12.8. The molecule has 0 aliphatic carbocycles. The Morgan fingerprint density at radius 2 is 2.00 bits per heavy atom. The van der Waals surface area contributed by atoms with Gasteiger partial charge in [-0.3, -0.25) is 0 Å². The van der Waals surface area contributed by atoms with Gasteiger partial charge in [-0.1, -0.05) is 30.1 Å². The number of methoxy groups -OCH3 is 1. The van der Waals surface area contributed by atoms with E-state index in [1.165, 1.54) is 23.5 Å². The normalized spacial score (nSPS) is 13.7. The molecule has 0 bridgehead atoms. The molecule has 0 spiro atoms. The van der Waals surface area contributed by atoms with Crippen LogP contribution in [-0.2, 0) is 21.3 Å². The van der Waals surface area contributed by atoms with Gasteiger partial charge in [0, 0.05) is 36.8 Å². The van der Waals surface area contributed by atoms with Crippen molar-refractivity contribution in [1.29, 1.82) is 0 Å². The topological polar surface area (TPSA) is 72.6 Å². The monoisotopic (exact) mass is 354 g/mol. The molecule has 21 heavy (non-hydrogen) atoms. The molecule has 0 aromatic heterocycles. The standard InChI is InChI=1S/C13H20Cl2N2O3S/c1-4-17(9(2)8-20-3)21(18,19)12-6-5-11(14)10(7-16)13(12)15/h5-6,9H,4,7-8,16H2,1-3H3. The average Bonchev–Trinajstić information content (AvgIpc) is 2.39. The molecule has 0 heterocycles. The van der Waals surface area contributed by atoms with Gasteiger partial charge < -0.3 is 10.5 Å². The molecule has 1 aromatic rings. The van der Waals surface area contributed by atoms with Crippen molar-refractivity contribution >= 4 is 33.2 Å². The van der Waals surface area contributed by atoms with E-state index in [9.17, 15) is 8.42 Å². The second-order valence-corrected chi connectivity index (χ2v) is 7.20. The fraction of sp³-hybridized carbons (Fsp3) is 0.538. The fourth-order valence-electron chi connectivity index (χ4n) is 2.13. The largest absolute Gasteiger partial charge is 0.383 e. The first kappa shape index (κ1) is 18.7. The lowest BCUT2D eigenvalue weighted by Crippen LogP contribution is -2.41. The van der Waals surface area contributed by atoms with Crippen LogP contribution in [0.4, 0.5) is 0 Å². The summed E-state index contributed by atoms with van der Waals surface area (Å²) in [6.45, 7) is 4.21. The quantitative estimate of drug-likeness (QED) is 0.816. The summed E-state index contributed by atoms with van der Waals surface area (Å²) in [5.41, 5.74) is 6.01. The lowest BCUT2D eigenvalue weighted by molar-refractivity contribution is 0.142. The Morgan fingerprint density at radius 1 is 1.38 bits per heavy atom. The van der Waals surface area contributed by atoms with E-state index in [0.717, 1.165) is 0 Å². The number of benzene rings is 1. The highest BCUT2D eigenvalue weighted by molar-refractivity contribution is 7.89. The Bertz CT molecular complexity index is 593. The minimum absolute atomic E-state index is 0.0128. The van der Waals surface area contributed by atoms with Crippen molar-refractivity contribution in [2.45, 2.75) is 31.3 Å². The van der Waals surface area contributed by atoms with Crippen LogP contribution in [-0.4, -0.2) is 39.0 Å². The Kier molecular flexibility index (Phi) is 6.90. The zero-order valence-corrected chi connectivity index (χ0v) is 14.6. The molecule has 1 rings (SSSR count). The molecule has 8 heteroatoms. The van der Waals surface area contributed by atoms with E-state index in [1.807, 2.05) is 0 Å². The van der Waals surface area contributed by atoms with E-state index in [2.05, 4.69) is 0 Å². The van der Waals surface area contributed by atoms with Crippen molar-refractivity contribution in [3.05, 3.63) is 27.7 Å². The minimum atomic E-state index is -3.75. The summed E-state index contributed by atoms with van der Waals surface area (Å²) in [5.74, 6) is 0. The number of halogens is 2. The molecular weight excluding hydrogens is 335 g/mol. The van der Waals surface area contributed by atoms with E-state index >= 15 is 0 Å². The molecule has 0 saturated heterocycles. The summed E-state index contributed by atoms with van der Waals surface area (Å²) in [6, 6.07) is 2.59. The summed E-state index contributed by atoms with van der Waals surface area (Å²) in [4.78, 5) is 0.0128. The highest BCUT2D eigenvalue weighted by Gasteiger charge is 2.30. The van der Waals surface area contributed by atoms with Gasteiger partial charge in [0.15, 0.2) is 0 Å². The predicted molar refractivity (Wildman–Crippen MR) is 85.3 cm³/mol. The summed E-state index contributed by atoms with van der Waals surface area (Å²) in [5, 5.41) is 0.433. The fourth-order valence-corrected chi connectivity index (χ4v) is 4.67. The average molecular weight is 355 g/mol. The zero-order chi connectivity index (χ0) is 16.2. The second-order valence-electron chi connectivity index (χ2n) is 4.55. The molecule has 120 valence electrons. The van der Waals surface area contributed by atoms with Gasteiger partial charge in [0.05, 0.1) is 11.6 Å². The van der Waals surface area contributed by atoms with Crippen LogP contribution in [0.3, 0.4) is 0 Å². The van der Waals surface area contributed by atoms with Crippen LogP contribution >= 0.6 is 23.2 Å². The summed E-state index contributed by atoms with van der Waals surface area (Å²) in [6.07, 6.45) is 0.